The fourth-order valence-electron chi connectivity index (χ4n) is 3.15. The van der Waals surface area contributed by atoms with E-state index in [4.69, 9.17) is 4.74 Å². The highest BCUT2D eigenvalue weighted by Crippen LogP contribution is 2.45. The second-order valence-electron chi connectivity index (χ2n) is 6.63. The summed E-state index contributed by atoms with van der Waals surface area (Å²) in [5, 5.41) is 3.07. The van der Waals surface area contributed by atoms with Gasteiger partial charge in [0.2, 0.25) is 0 Å². The monoisotopic (exact) mass is 402 g/mol. The van der Waals surface area contributed by atoms with Gasteiger partial charge in [-0.1, -0.05) is 30.3 Å². The van der Waals surface area contributed by atoms with Gasteiger partial charge in [-0.2, -0.15) is 0 Å². The zero-order valence-electron chi connectivity index (χ0n) is 16.0. The maximum atomic E-state index is 12.6. The Morgan fingerprint density at radius 1 is 1.15 bits per heavy atom. The summed E-state index contributed by atoms with van der Waals surface area (Å²) in [4.78, 5) is 14.7. The van der Waals surface area contributed by atoms with Crippen molar-refractivity contribution in [3.05, 3.63) is 65.2 Å². The van der Waals surface area contributed by atoms with Crippen molar-refractivity contribution in [1.82, 2.24) is 10.2 Å². The first kappa shape index (κ1) is 20.1. The lowest BCUT2D eigenvalue weighted by Gasteiger charge is -2.26. The van der Waals surface area contributed by atoms with Crippen LogP contribution in [0.4, 0.5) is 0 Å². The second-order valence-corrected chi connectivity index (χ2v) is 9.35. The van der Waals surface area contributed by atoms with E-state index in [1.165, 1.54) is 17.1 Å². The van der Waals surface area contributed by atoms with Crippen LogP contribution in [0.15, 0.2) is 48.5 Å². The van der Waals surface area contributed by atoms with E-state index in [2.05, 4.69) is 22.3 Å². The Hall–Kier alpha value is -1.63. The molecule has 2 aromatic carbocycles. The summed E-state index contributed by atoms with van der Waals surface area (Å²) in [6.07, 6.45) is 0. The third-order valence-corrected chi connectivity index (χ3v) is 7.75. The second kappa shape index (κ2) is 9.53. The molecule has 0 spiro atoms. The molecular formula is C21H26N2O2S2. The van der Waals surface area contributed by atoms with Gasteiger partial charge in [0.05, 0.1) is 17.7 Å². The minimum atomic E-state index is -0.0463. The molecule has 1 heterocycles. The molecule has 0 aliphatic carbocycles. The third-order valence-electron chi connectivity index (χ3n) is 4.64. The molecule has 1 aliphatic heterocycles. The van der Waals surface area contributed by atoms with Crippen LogP contribution in [0.25, 0.3) is 0 Å². The van der Waals surface area contributed by atoms with Crippen LogP contribution >= 0.6 is 23.5 Å². The number of thioether (sulfide) groups is 2. The van der Waals surface area contributed by atoms with Crippen molar-refractivity contribution in [1.29, 1.82) is 0 Å². The first-order valence-corrected chi connectivity index (χ1v) is 11.1. The van der Waals surface area contributed by atoms with E-state index in [-0.39, 0.29) is 11.9 Å². The zero-order chi connectivity index (χ0) is 19.2. The Balaban J connectivity index is 1.65. The fraction of sp³-hybridized carbons (Fsp3) is 0.381. The molecule has 0 saturated carbocycles. The van der Waals surface area contributed by atoms with Crippen molar-refractivity contribution >= 4 is 29.4 Å². The SMILES string of the molecule is COc1ccccc1[C@@H](CNC(=O)c1ccc(C2SCCS2)cc1)N(C)C. The van der Waals surface area contributed by atoms with Gasteiger partial charge in [0.15, 0.2) is 0 Å². The van der Waals surface area contributed by atoms with Gasteiger partial charge in [-0.25, -0.2) is 0 Å². The van der Waals surface area contributed by atoms with Crippen LogP contribution in [-0.2, 0) is 0 Å². The predicted octanol–water partition coefficient (Wildman–Crippen LogP) is 4.21. The molecule has 0 unspecified atom stereocenters. The molecule has 1 aliphatic rings. The number of likely N-dealkylation sites (N-methyl/N-ethyl adjacent to an activating group) is 1. The van der Waals surface area contributed by atoms with E-state index < -0.39 is 0 Å². The normalized spacial score (nSPS) is 15.7. The van der Waals surface area contributed by atoms with Gasteiger partial charge in [-0.15, -0.1) is 23.5 Å². The number of nitrogens with one attached hydrogen (secondary N) is 1. The number of methoxy groups -OCH3 is 1. The molecule has 1 N–H and O–H groups in total. The van der Waals surface area contributed by atoms with Gasteiger partial charge < -0.3 is 15.0 Å². The number of rotatable bonds is 7. The lowest BCUT2D eigenvalue weighted by molar-refractivity contribution is 0.0941. The molecule has 1 amide bonds. The molecule has 1 atom stereocenters. The van der Waals surface area contributed by atoms with Gasteiger partial charge in [0.25, 0.3) is 5.91 Å². The highest BCUT2D eigenvalue weighted by Gasteiger charge is 2.20. The molecule has 6 heteroatoms. The third kappa shape index (κ3) is 5.00. The summed E-state index contributed by atoms with van der Waals surface area (Å²) in [5.41, 5.74) is 3.06. The van der Waals surface area contributed by atoms with Crippen LogP contribution in [0.3, 0.4) is 0 Å². The number of para-hydroxylation sites is 1. The zero-order valence-corrected chi connectivity index (χ0v) is 17.6. The van der Waals surface area contributed by atoms with Gasteiger partial charge in [-0.3, -0.25) is 4.79 Å². The maximum absolute atomic E-state index is 12.6. The summed E-state index contributed by atoms with van der Waals surface area (Å²) in [7, 11) is 5.69. The van der Waals surface area contributed by atoms with Crippen molar-refractivity contribution in [2.45, 2.75) is 10.6 Å². The van der Waals surface area contributed by atoms with Crippen LogP contribution < -0.4 is 10.1 Å². The van der Waals surface area contributed by atoms with Crippen LogP contribution in [0.2, 0.25) is 0 Å². The number of nitrogens with zero attached hydrogens (tertiary/aromatic N) is 1. The average molecular weight is 403 g/mol. The average Bonchev–Trinajstić information content (AvgIpc) is 3.23. The van der Waals surface area contributed by atoms with Crippen LogP contribution in [0.1, 0.15) is 32.1 Å². The molecule has 2 aromatic rings. The molecule has 0 radical (unpaired) electrons. The molecular weight excluding hydrogens is 376 g/mol. The largest absolute Gasteiger partial charge is 0.496 e. The summed E-state index contributed by atoms with van der Waals surface area (Å²) in [5.74, 6) is 3.19. The molecule has 1 fully saturated rings. The highest BCUT2D eigenvalue weighted by molar-refractivity contribution is 8.19. The number of ether oxygens (including phenoxy) is 1. The number of carbonyl (C=O) groups is 1. The Morgan fingerprint density at radius 3 is 2.44 bits per heavy atom. The summed E-state index contributed by atoms with van der Waals surface area (Å²) in [6.45, 7) is 0.516. The molecule has 144 valence electrons. The van der Waals surface area contributed by atoms with E-state index in [1.54, 1.807) is 7.11 Å². The fourth-order valence-corrected chi connectivity index (χ4v) is 6.01. The molecule has 0 aromatic heterocycles. The van der Waals surface area contributed by atoms with E-state index in [1.807, 2.05) is 74.0 Å². The molecule has 3 rings (SSSR count). The summed E-state index contributed by atoms with van der Waals surface area (Å²) in [6, 6.07) is 16.0. The quantitative estimate of drug-likeness (QED) is 0.751. The smallest absolute Gasteiger partial charge is 0.251 e. The first-order chi connectivity index (χ1) is 13.1. The number of carbonyl (C=O) groups excluding carboxylic acids is 1. The van der Waals surface area contributed by atoms with Crippen molar-refractivity contribution < 1.29 is 9.53 Å². The maximum Gasteiger partial charge on any atom is 0.251 e. The first-order valence-electron chi connectivity index (χ1n) is 9.01. The van der Waals surface area contributed by atoms with Crippen molar-refractivity contribution in [2.24, 2.45) is 0 Å². The van der Waals surface area contributed by atoms with Crippen LogP contribution in [-0.4, -0.2) is 50.1 Å². The van der Waals surface area contributed by atoms with Gasteiger partial charge >= 0.3 is 0 Å². The molecule has 1 saturated heterocycles. The van der Waals surface area contributed by atoms with Crippen molar-refractivity contribution in [2.75, 3.05) is 39.3 Å². The van der Waals surface area contributed by atoms with Crippen molar-refractivity contribution in [3.63, 3.8) is 0 Å². The molecule has 4 nitrogen and oxygen atoms in total. The highest BCUT2D eigenvalue weighted by atomic mass is 32.2. The standard InChI is InChI=1S/C21H26N2O2S2/c1-23(2)18(17-6-4-5-7-19(17)25-3)14-22-20(24)15-8-10-16(11-9-15)21-26-12-13-27-21/h4-11,18,21H,12-14H2,1-3H3,(H,22,24)/t18-/m1/s1. The van der Waals surface area contributed by atoms with Gasteiger partial charge in [-0.05, 0) is 37.9 Å². The van der Waals surface area contributed by atoms with Crippen molar-refractivity contribution in [3.8, 4) is 5.75 Å². The lowest BCUT2D eigenvalue weighted by Crippen LogP contribution is -2.34. The Labute approximate surface area is 170 Å². The van der Waals surface area contributed by atoms with E-state index in [0.29, 0.717) is 16.7 Å². The minimum absolute atomic E-state index is 0.0377. The van der Waals surface area contributed by atoms with Crippen LogP contribution in [0, 0.1) is 0 Å². The lowest BCUT2D eigenvalue weighted by atomic mass is 10.0. The Morgan fingerprint density at radius 2 is 1.81 bits per heavy atom. The van der Waals surface area contributed by atoms with Gasteiger partial charge in [0, 0.05) is 29.2 Å². The number of benzene rings is 2. The van der Waals surface area contributed by atoms with E-state index >= 15 is 0 Å². The Bertz CT molecular complexity index is 759. The van der Waals surface area contributed by atoms with E-state index in [9.17, 15) is 4.79 Å². The summed E-state index contributed by atoms with van der Waals surface area (Å²) < 4.78 is 5.99. The molecule has 27 heavy (non-hydrogen) atoms. The minimum Gasteiger partial charge on any atom is -0.496 e. The predicted molar refractivity (Wildman–Crippen MR) is 116 cm³/mol. The van der Waals surface area contributed by atoms with Gasteiger partial charge in [0.1, 0.15) is 5.75 Å². The van der Waals surface area contributed by atoms with Crippen LogP contribution in [0.5, 0.6) is 5.75 Å². The number of amides is 1. The topological polar surface area (TPSA) is 41.6 Å². The number of hydrogen-bond acceptors (Lipinski definition) is 5. The summed E-state index contributed by atoms with van der Waals surface area (Å²) >= 11 is 3.95. The Kier molecular flexibility index (Phi) is 7.10. The molecule has 0 bridgehead atoms. The van der Waals surface area contributed by atoms with E-state index in [0.717, 1.165) is 11.3 Å². The number of hydrogen-bond donors (Lipinski definition) is 1.